The van der Waals surface area contributed by atoms with Gasteiger partial charge in [0.15, 0.2) is 0 Å². The number of thiocarbonyl (C=S) groups is 1. The quantitative estimate of drug-likeness (QED) is 0.457. The molecule has 0 aliphatic heterocycles. The molecule has 0 aliphatic carbocycles. The molecule has 0 radical (unpaired) electrons. The zero-order chi connectivity index (χ0) is 13.6. The van der Waals surface area contributed by atoms with Crippen molar-refractivity contribution in [2.45, 2.75) is 6.42 Å². The fourth-order valence-electron chi connectivity index (χ4n) is 1.11. The van der Waals surface area contributed by atoms with Gasteiger partial charge in [0.05, 0.1) is 18.6 Å². The van der Waals surface area contributed by atoms with Gasteiger partial charge in [-0.15, -0.1) is 0 Å². The van der Waals surface area contributed by atoms with Crippen molar-refractivity contribution in [1.29, 1.82) is 0 Å². The van der Waals surface area contributed by atoms with Crippen LogP contribution in [0.1, 0.15) is 12.1 Å². The van der Waals surface area contributed by atoms with Gasteiger partial charge in [-0.05, 0) is 6.42 Å². The van der Waals surface area contributed by atoms with Gasteiger partial charge in [-0.2, -0.15) is 0 Å². The van der Waals surface area contributed by atoms with Crippen LogP contribution in [-0.2, 0) is 10.0 Å². The number of nitrogens with one attached hydrogen (secondary N) is 2. The van der Waals surface area contributed by atoms with Gasteiger partial charge in [-0.1, -0.05) is 12.2 Å². The van der Waals surface area contributed by atoms with Crippen LogP contribution < -0.4 is 15.8 Å². The summed E-state index contributed by atoms with van der Waals surface area (Å²) in [6, 6.07) is 0. The fraction of sp³-hybridized carbons (Fsp3) is 0.444. The van der Waals surface area contributed by atoms with Gasteiger partial charge in [0.25, 0.3) is 0 Å². The molecule has 1 aromatic rings. The van der Waals surface area contributed by atoms with Gasteiger partial charge in [-0.25, -0.2) is 23.1 Å². The van der Waals surface area contributed by atoms with Crippen LogP contribution >= 0.6 is 12.2 Å². The fourth-order valence-corrected chi connectivity index (χ4v) is 1.73. The second-order valence-electron chi connectivity index (χ2n) is 3.60. The van der Waals surface area contributed by atoms with Crippen LogP contribution in [0.25, 0.3) is 0 Å². The van der Waals surface area contributed by atoms with Gasteiger partial charge in [0.1, 0.15) is 16.5 Å². The van der Waals surface area contributed by atoms with E-state index in [0.717, 1.165) is 6.26 Å². The third-order valence-corrected chi connectivity index (χ3v) is 2.87. The number of anilines is 1. The smallest absolute Gasteiger partial charge is 0.208 e. The van der Waals surface area contributed by atoms with Crippen LogP contribution in [0.4, 0.5) is 5.82 Å². The number of sulfonamides is 1. The molecule has 18 heavy (non-hydrogen) atoms. The molecule has 100 valence electrons. The number of aromatic nitrogens is 2. The van der Waals surface area contributed by atoms with Crippen molar-refractivity contribution in [3.05, 3.63) is 18.1 Å². The van der Waals surface area contributed by atoms with E-state index in [1.54, 1.807) is 0 Å². The highest BCUT2D eigenvalue weighted by atomic mass is 32.2. The maximum Gasteiger partial charge on any atom is 0.208 e. The SMILES string of the molecule is CS(=O)(=O)NCCCNc1cnc(C(N)=S)cn1. The predicted octanol–water partition coefficient (Wildman–Crippen LogP) is -0.538. The Morgan fingerprint density at radius 2 is 2.11 bits per heavy atom. The summed E-state index contributed by atoms with van der Waals surface area (Å²) in [4.78, 5) is 8.28. The summed E-state index contributed by atoms with van der Waals surface area (Å²) < 4.78 is 24.0. The topological polar surface area (TPSA) is 110 Å². The summed E-state index contributed by atoms with van der Waals surface area (Å²) in [5, 5.41) is 3.00. The average molecular weight is 289 g/mol. The van der Waals surface area contributed by atoms with Crippen LogP contribution in [0.2, 0.25) is 0 Å². The molecule has 0 saturated heterocycles. The maximum atomic E-state index is 10.8. The van der Waals surface area contributed by atoms with Crippen LogP contribution in [0.15, 0.2) is 12.4 Å². The molecule has 0 amide bonds. The molecule has 0 aliphatic rings. The van der Waals surface area contributed by atoms with Crippen molar-refractivity contribution < 1.29 is 8.42 Å². The first-order valence-corrected chi connectivity index (χ1v) is 7.49. The number of hydrogen-bond donors (Lipinski definition) is 3. The van der Waals surface area contributed by atoms with Crippen LogP contribution in [0.3, 0.4) is 0 Å². The van der Waals surface area contributed by atoms with E-state index in [9.17, 15) is 8.42 Å². The van der Waals surface area contributed by atoms with Crippen molar-refractivity contribution in [3.63, 3.8) is 0 Å². The summed E-state index contributed by atoms with van der Waals surface area (Å²) in [6.45, 7) is 0.966. The highest BCUT2D eigenvalue weighted by Crippen LogP contribution is 2.00. The molecule has 1 heterocycles. The molecule has 0 spiro atoms. The lowest BCUT2D eigenvalue weighted by Crippen LogP contribution is -2.24. The second-order valence-corrected chi connectivity index (χ2v) is 5.87. The molecule has 0 unspecified atom stereocenters. The molecule has 4 N–H and O–H groups in total. The van der Waals surface area contributed by atoms with Crippen LogP contribution in [0, 0.1) is 0 Å². The van der Waals surface area contributed by atoms with Gasteiger partial charge in [0, 0.05) is 13.1 Å². The third-order valence-electron chi connectivity index (χ3n) is 1.93. The van der Waals surface area contributed by atoms with Crippen molar-refractivity contribution in [2.24, 2.45) is 5.73 Å². The van der Waals surface area contributed by atoms with Crippen molar-refractivity contribution in [1.82, 2.24) is 14.7 Å². The van der Waals surface area contributed by atoms with Gasteiger partial charge in [-0.3, -0.25) is 0 Å². The Morgan fingerprint density at radius 1 is 1.39 bits per heavy atom. The summed E-state index contributed by atoms with van der Waals surface area (Å²) in [6.07, 6.45) is 4.78. The van der Waals surface area contributed by atoms with E-state index in [0.29, 0.717) is 31.0 Å². The van der Waals surface area contributed by atoms with Gasteiger partial charge in [0.2, 0.25) is 10.0 Å². The van der Waals surface area contributed by atoms with E-state index in [1.165, 1.54) is 12.4 Å². The van der Waals surface area contributed by atoms with Gasteiger partial charge < -0.3 is 11.1 Å². The number of nitrogens with two attached hydrogens (primary N) is 1. The molecular formula is C9H15N5O2S2. The minimum atomic E-state index is -3.12. The lowest BCUT2D eigenvalue weighted by molar-refractivity contribution is 0.586. The minimum Gasteiger partial charge on any atom is -0.388 e. The first-order chi connectivity index (χ1) is 8.38. The summed E-state index contributed by atoms with van der Waals surface area (Å²) >= 11 is 4.75. The maximum absolute atomic E-state index is 10.8. The Kier molecular flexibility index (Phi) is 5.38. The Bertz CT molecular complexity index is 500. The van der Waals surface area contributed by atoms with Crippen LogP contribution in [0.5, 0.6) is 0 Å². The molecule has 0 fully saturated rings. The first kappa shape index (κ1) is 14.7. The van der Waals surface area contributed by atoms with Crippen LogP contribution in [-0.4, -0.2) is 42.7 Å². The van der Waals surface area contributed by atoms with E-state index in [4.69, 9.17) is 18.0 Å². The van der Waals surface area contributed by atoms with E-state index < -0.39 is 10.0 Å². The summed E-state index contributed by atoms with van der Waals surface area (Å²) in [7, 11) is -3.12. The lowest BCUT2D eigenvalue weighted by atomic mass is 10.4. The highest BCUT2D eigenvalue weighted by molar-refractivity contribution is 7.88. The predicted molar refractivity (Wildman–Crippen MR) is 73.9 cm³/mol. The van der Waals surface area contributed by atoms with Crippen molar-refractivity contribution in [3.8, 4) is 0 Å². The zero-order valence-electron chi connectivity index (χ0n) is 9.88. The standard InChI is InChI=1S/C9H15N5O2S2/c1-18(15,16)14-4-2-3-11-8-6-12-7(5-13-8)9(10)17/h5-6,14H,2-4H2,1H3,(H2,10,17)(H,11,13). The molecule has 9 heteroatoms. The van der Waals surface area contributed by atoms with Crippen molar-refractivity contribution >= 4 is 33.0 Å². The lowest BCUT2D eigenvalue weighted by Gasteiger charge is -2.06. The number of hydrogen-bond acceptors (Lipinski definition) is 6. The average Bonchev–Trinajstić information content (AvgIpc) is 2.27. The highest BCUT2D eigenvalue weighted by Gasteiger charge is 2.00. The normalized spacial score (nSPS) is 11.2. The summed E-state index contributed by atoms with van der Waals surface area (Å²) in [5.41, 5.74) is 5.85. The number of rotatable bonds is 7. The molecule has 7 nitrogen and oxygen atoms in total. The van der Waals surface area contributed by atoms with E-state index in [2.05, 4.69) is 20.0 Å². The molecule has 0 saturated carbocycles. The zero-order valence-corrected chi connectivity index (χ0v) is 11.5. The molecule has 1 aromatic heterocycles. The summed E-state index contributed by atoms with van der Waals surface area (Å²) in [5.74, 6) is 0.592. The van der Waals surface area contributed by atoms with E-state index in [-0.39, 0.29) is 4.99 Å². The number of nitrogens with zero attached hydrogens (tertiary/aromatic N) is 2. The first-order valence-electron chi connectivity index (χ1n) is 5.19. The Morgan fingerprint density at radius 3 is 2.61 bits per heavy atom. The largest absolute Gasteiger partial charge is 0.388 e. The molecule has 1 rings (SSSR count). The molecule has 0 bridgehead atoms. The molecular weight excluding hydrogens is 274 g/mol. The molecule has 0 aromatic carbocycles. The Labute approximate surface area is 111 Å². The van der Waals surface area contributed by atoms with E-state index in [1.807, 2.05) is 0 Å². The van der Waals surface area contributed by atoms with E-state index >= 15 is 0 Å². The van der Waals surface area contributed by atoms with Gasteiger partial charge >= 0.3 is 0 Å². The minimum absolute atomic E-state index is 0.200. The van der Waals surface area contributed by atoms with Crippen molar-refractivity contribution in [2.75, 3.05) is 24.7 Å². The molecule has 0 atom stereocenters. The monoisotopic (exact) mass is 289 g/mol. The second kappa shape index (κ2) is 6.57. The third kappa shape index (κ3) is 5.84. The Balaban J connectivity index is 2.29. The Hall–Kier alpha value is -1.32.